The Morgan fingerprint density at radius 1 is 0.758 bits per heavy atom. The third-order valence-electron chi connectivity index (χ3n) is 4.83. The molecule has 0 saturated carbocycles. The van der Waals surface area contributed by atoms with Crippen molar-refractivity contribution in [3.8, 4) is 0 Å². The first-order valence-electron chi connectivity index (χ1n) is 10.8. The van der Waals surface area contributed by atoms with Crippen molar-refractivity contribution in [2.45, 2.75) is 20.4 Å². The second kappa shape index (κ2) is 11.5. The van der Waals surface area contributed by atoms with Gasteiger partial charge in [0.2, 0.25) is 11.8 Å². The number of anilines is 3. The van der Waals surface area contributed by atoms with E-state index in [1.165, 1.54) is 0 Å². The van der Waals surface area contributed by atoms with Crippen LogP contribution in [0.25, 0.3) is 0 Å². The Morgan fingerprint density at radius 2 is 1.42 bits per heavy atom. The van der Waals surface area contributed by atoms with Gasteiger partial charge in [0.1, 0.15) is 0 Å². The van der Waals surface area contributed by atoms with E-state index in [-0.39, 0.29) is 30.2 Å². The van der Waals surface area contributed by atoms with Crippen molar-refractivity contribution in [1.29, 1.82) is 0 Å². The van der Waals surface area contributed by atoms with Crippen LogP contribution in [0.4, 0.5) is 17.1 Å². The SMILES string of the molecule is CC(C)C(=O)Nc1cccc(NC(=O)CNc2ccc(C(=O)NCc3ccccc3)cc2)c1. The van der Waals surface area contributed by atoms with Crippen molar-refractivity contribution in [3.05, 3.63) is 90.0 Å². The summed E-state index contributed by atoms with van der Waals surface area (Å²) in [6.07, 6.45) is 0. The highest BCUT2D eigenvalue weighted by molar-refractivity contribution is 5.96. The predicted molar refractivity (Wildman–Crippen MR) is 131 cm³/mol. The highest BCUT2D eigenvalue weighted by Crippen LogP contribution is 2.16. The molecule has 3 rings (SSSR count). The maximum Gasteiger partial charge on any atom is 0.251 e. The zero-order valence-corrected chi connectivity index (χ0v) is 18.7. The number of nitrogens with one attached hydrogen (secondary N) is 4. The maximum absolute atomic E-state index is 12.3. The summed E-state index contributed by atoms with van der Waals surface area (Å²) >= 11 is 0. The van der Waals surface area contributed by atoms with Gasteiger partial charge in [0.05, 0.1) is 6.54 Å². The van der Waals surface area contributed by atoms with Crippen LogP contribution in [-0.4, -0.2) is 24.3 Å². The standard InChI is InChI=1S/C26H28N4O3/c1-18(2)25(32)30-23-10-6-9-22(15-23)29-24(31)17-27-21-13-11-20(12-14-21)26(33)28-16-19-7-4-3-5-8-19/h3-15,18,27H,16-17H2,1-2H3,(H,28,33)(H,29,31)(H,30,32). The number of rotatable bonds is 9. The topological polar surface area (TPSA) is 99.3 Å². The van der Waals surface area contributed by atoms with E-state index in [9.17, 15) is 14.4 Å². The molecule has 0 aliphatic heterocycles. The molecular weight excluding hydrogens is 416 g/mol. The van der Waals surface area contributed by atoms with Gasteiger partial charge >= 0.3 is 0 Å². The monoisotopic (exact) mass is 444 g/mol. The molecule has 7 nitrogen and oxygen atoms in total. The summed E-state index contributed by atoms with van der Waals surface area (Å²) in [7, 11) is 0. The van der Waals surface area contributed by atoms with Gasteiger partial charge in [0.25, 0.3) is 5.91 Å². The Balaban J connectivity index is 1.46. The zero-order valence-electron chi connectivity index (χ0n) is 18.7. The summed E-state index contributed by atoms with van der Waals surface area (Å²) in [5.41, 5.74) is 3.52. The van der Waals surface area contributed by atoms with E-state index in [0.29, 0.717) is 23.5 Å². The molecule has 0 fully saturated rings. The van der Waals surface area contributed by atoms with Crippen molar-refractivity contribution < 1.29 is 14.4 Å². The first kappa shape index (κ1) is 23.5. The van der Waals surface area contributed by atoms with E-state index in [4.69, 9.17) is 0 Å². The molecule has 0 atom stereocenters. The Labute approximate surface area is 193 Å². The molecule has 3 amide bonds. The molecule has 170 valence electrons. The summed E-state index contributed by atoms with van der Waals surface area (Å²) in [5.74, 6) is -0.606. The summed E-state index contributed by atoms with van der Waals surface area (Å²) in [6.45, 7) is 4.15. The minimum Gasteiger partial charge on any atom is -0.376 e. The van der Waals surface area contributed by atoms with Crippen molar-refractivity contribution >= 4 is 34.8 Å². The fraction of sp³-hybridized carbons (Fsp3) is 0.192. The van der Waals surface area contributed by atoms with Gasteiger partial charge < -0.3 is 21.3 Å². The lowest BCUT2D eigenvalue weighted by atomic mass is 10.1. The van der Waals surface area contributed by atoms with Gasteiger partial charge in [0, 0.05) is 35.1 Å². The fourth-order valence-electron chi connectivity index (χ4n) is 2.97. The minimum absolute atomic E-state index is 0.0577. The van der Waals surface area contributed by atoms with Crippen LogP contribution < -0.4 is 21.3 Å². The maximum atomic E-state index is 12.3. The lowest BCUT2D eigenvalue weighted by molar-refractivity contribution is -0.119. The van der Waals surface area contributed by atoms with Gasteiger partial charge in [-0.3, -0.25) is 14.4 Å². The fourth-order valence-corrected chi connectivity index (χ4v) is 2.97. The van der Waals surface area contributed by atoms with Crippen LogP contribution in [0.2, 0.25) is 0 Å². The number of hydrogen-bond acceptors (Lipinski definition) is 4. The number of carbonyl (C=O) groups is 3. The molecule has 0 unspecified atom stereocenters. The van der Waals surface area contributed by atoms with Crippen molar-refractivity contribution in [2.24, 2.45) is 5.92 Å². The smallest absolute Gasteiger partial charge is 0.251 e. The molecule has 7 heteroatoms. The molecule has 4 N–H and O–H groups in total. The van der Waals surface area contributed by atoms with E-state index >= 15 is 0 Å². The zero-order chi connectivity index (χ0) is 23.6. The van der Waals surface area contributed by atoms with E-state index < -0.39 is 0 Å². The van der Waals surface area contributed by atoms with Gasteiger partial charge in [-0.2, -0.15) is 0 Å². The van der Waals surface area contributed by atoms with Crippen LogP contribution in [0.15, 0.2) is 78.9 Å². The molecule has 0 bridgehead atoms. The largest absolute Gasteiger partial charge is 0.376 e. The van der Waals surface area contributed by atoms with Crippen LogP contribution in [0.1, 0.15) is 29.8 Å². The number of benzene rings is 3. The second-order valence-corrected chi connectivity index (χ2v) is 7.87. The van der Waals surface area contributed by atoms with Crippen LogP contribution in [0.3, 0.4) is 0 Å². The minimum atomic E-state index is -0.230. The van der Waals surface area contributed by atoms with E-state index in [1.807, 2.05) is 44.2 Å². The van der Waals surface area contributed by atoms with Crippen LogP contribution in [-0.2, 0) is 16.1 Å². The predicted octanol–water partition coefficient (Wildman–Crippen LogP) is 4.26. The van der Waals surface area contributed by atoms with Gasteiger partial charge in [-0.25, -0.2) is 0 Å². The highest BCUT2D eigenvalue weighted by Gasteiger charge is 2.09. The van der Waals surface area contributed by atoms with Gasteiger partial charge in [-0.05, 0) is 48.0 Å². The summed E-state index contributed by atoms with van der Waals surface area (Å²) in [6, 6.07) is 23.6. The van der Waals surface area contributed by atoms with Crippen LogP contribution >= 0.6 is 0 Å². The van der Waals surface area contributed by atoms with Crippen LogP contribution in [0.5, 0.6) is 0 Å². The molecule has 3 aromatic rings. The van der Waals surface area contributed by atoms with E-state index in [2.05, 4.69) is 21.3 Å². The van der Waals surface area contributed by atoms with E-state index in [1.54, 1.807) is 48.5 Å². The van der Waals surface area contributed by atoms with Gasteiger partial charge in [0.15, 0.2) is 0 Å². The van der Waals surface area contributed by atoms with Crippen molar-refractivity contribution in [1.82, 2.24) is 5.32 Å². The average molecular weight is 445 g/mol. The van der Waals surface area contributed by atoms with Crippen LogP contribution in [0, 0.1) is 5.92 Å². The second-order valence-electron chi connectivity index (χ2n) is 7.87. The molecule has 0 radical (unpaired) electrons. The summed E-state index contributed by atoms with van der Waals surface area (Å²) in [4.78, 5) is 36.4. The number of amides is 3. The number of hydrogen-bond donors (Lipinski definition) is 4. The number of carbonyl (C=O) groups excluding carboxylic acids is 3. The van der Waals surface area contributed by atoms with Gasteiger partial charge in [-0.15, -0.1) is 0 Å². The third kappa shape index (κ3) is 7.50. The summed E-state index contributed by atoms with van der Waals surface area (Å²) in [5, 5.41) is 11.5. The first-order chi connectivity index (χ1) is 15.9. The van der Waals surface area contributed by atoms with Crippen molar-refractivity contribution in [2.75, 3.05) is 22.5 Å². The Kier molecular flexibility index (Phi) is 8.18. The average Bonchev–Trinajstić information content (AvgIpc) is 2.82. The Hall–Kier alpha value is -4.13. The normalized spacial score (nSPS) is 10.4. The molecule has 0 aliphatic carbocycles. The molecule has 3 aromatic carbocycles. The quantitative estimate of drug-likeness (QED) is 0.396. The van der Waals surface area contributed by atoms with Crippen molar-refractivity contribution in [3.63, 3.8) is 0 Å². The molecule has 0 aromatic heterocycles. The summed E-state index contributed by atoms with van der Waals surface area (Å²) < 4.78 is 0. The Bertz CT molecular complexity index is 1100. The molecule has 33 heavy (non-hydrogen) atoms. The lowest BCUT2D eigenvalue weighted by Crippen LogP contribution is -2.23. The molecule has 0 heterocycles. The Morgan fingerprint density at radius 3 is 2.09 bits per heavy atom. The third-order valence-corrected chi connectivity index (χ3v) is 4.83. The lowest BCUT2D eigenvalue weighted by Gasteiger charge is -2.11. The van der Waals surface area contributed by atoms with E-state index in [0.717, 1.165) is 11.3 Å². The first-order valence-corrected chi connectivity index (χ1v) is 10.8. The van der Waals surface area contributed by atoms with Gasteiger partial charge in [-0.1, -0.05) is 50.2 Å². The molecule has 0 spiro atoms. The molecular formula is C26H28N4O3. The highest BCUT2D eigenvalue weighted by atomic mass is 16.2. The molecule has 0 saturated heterocycles. The molecule has 0 aliphatic rings.